The minimum atomic E-state index is -2.08. The van der Waals surface area contributed by atoms with Crippen molar-refractivity contribution in [1.82, 2.24) is 0 Å². The summed E-state index contributed by atoms with van der Waals surface area (Å²) >= 11 is 3.50. The summed E-state index contributed by atoms with van der Waals surface area (Å²) in [5.41, 5.74) is 2.46. The second kappa shape index (κ2) is 4.58. The van der Waals surface area contributed by atoms with Crippen LogP contribution in [0, 0.1) is 5.82 Å². The highest BCUT2D eigenvalue weighted by Crippen LogP contribution is 2.68. The smallest absolute Gasteiger partial charge is 0.223 e. The Morgan fingerprint density at radius 1 is 1.11 bits per heavy atom. The zero-order valence-corrected chi connectivity index (χ0v) is 12.1. The molecule has 2 aromatic carbocycles. The minimum absolute atomic E-state index is 0.0949. The van der Waals surface area contributed by atoms with Crippen LogP contribution < -0.4 is 0 Å². The Kier molecular flexibility index (Phi) is 3.03. The van der Waals surface area contributed by atoms with Gasteiger partial charge in [-0.25, -0.2) is 9.38 Å². The van der Waals surface area contributed by atoms with Crippen LogP contribution in [-0.4, -0.2) is 10.7 Å². The van der Waals surface area contributed by atoms with E-state index in [0.717, 1.165) is 10.6 Å². The van der Waals surface area contributed by atoms with Crippen LogP contribution in [0.1, 0.15) is 10.4 Å². The Hall–Kier alpha value is -1.46. The first-order valence-corrected chi connectivity index (χ1v) is 9.12. The molecule has 1 aliphatic rings. The van der Waals surface area contributed by atoms with Gasteiger partial charge in [0.15, 0.2) is 0 Å². The number of nitrogens with zero attached hydrogens (tertiary/aromatic N) is 1. The van der Waals surface area contributed by atoms with Crippen molar-refractivity contribution in [3.63, 3.8) is 0 Å². The van der Waals surface area contributed by atoms with E-state index in [1.54, 1.807) is 17.7 Å². The van der Waals surface area contributed by atoms with Crippen molar-refractivity contribution < 1.29 is 9.18 Å². The Bertz CT molecular complexity index is 703. The van der Waals surface area contributed by atoms with Gasteiger partial charge in [-0.1, -0.05) is 32.7 Å². The average molecular weight is 338 g/mol. The Morgan fingerprint density at radius 2 is 1.79 bits per heavy atom. The number of benzene rings is 2. The van der Waals surface area contributed by atoms with Crippen LogP contribution in [0.4, 0.5) is 10.1 Å². The molecule has 5 heteroatoms. The van der Waals surface area contributed by atoms with Crippen LogP contribution in [0.15, 0.2) is 58.4 Å². The van der Waals surface area contributed by atoms with E-state index < -0.39 is 14.3 Å². The monoisotopic (exact) mass is 337 g/mol. The van der Waals surface area contributed by atoms with Gasteiger partial charge in [0.05, 0.1) is 16.8 Å². The van der Waals surface area contributed by atoms with E-state index in [0.29, 0.717) is 0 Å². The van der Waals surface area contributed by atoms with E-state index in [1.807, 2.05) is 24.3 Å². The highest BCUT2D eigenvalue weighted by atomic mass is 79.9. The number of hydrogen-bond acceptors (Lipinski definition) is 2. The lowest BCUT2D eigenvalue weighted by Crippen LogP contribution is -2.08. The third kappa shape index (κ3) is 1.93. The molecule has 0 amide bonds. The molecule has 1 heterocycles. The number of fused-ring (bicyclic) bond motifs is 1. The van der Waals surface area contributed by atoms with Crippen LogP contribution in [0.5, 0.6) is 0 Å². The number of halogens is 2. The predicted octanol–water partition coefficient (Wildman–Crippen LogP) is 4.81. The molecule has 0 spiro atoms. The minimum Gasteiger partial charge on any atom is -0.282 e. The summed E-state index contributed by atoms with van der Waals surface area (Å²) in [6.07, 6.45) is 0. The van der Waals surface area contributed by atoms with E-state index in [9.17, 15) is 9.18 Å². The maximum absolute atomic E-state index is 13.8. The fourth-order valence-electron chi connectivity index (χ4n) is 1.94. The van der Waals surface area contributed by atoms with Crippen molar-refractivity contribution >= 4 is 39.6 Å². The van der Waals surface area contributed by atoms with Crippen LogP contribution in [-0.2, 0) is 0 Å². The number of carbonyl (C=O) groups excluding carboxylic acids is 1. The van der Waals surface area contributed by atoms with E-state index in [-0.39, 0.29) is 10.7 Å². The predicted molar refractivity (Wildman–Crippen MR) is 80.1 cm³/mol. The summed E-state index contributed by atoms with van der Waals surface area (Å²) in [5.74, 6) is -0.503. The molecule has 1 aliphatic heterocycles. The van der Waals surface area contributed by atoms with Crippen molar-refractivity contribution in [2.45, 2.75) is 4.90 Å². The van der Waals surface area contributed by atoms with Gasteiger partial charge in [0.1, 0.15) is 5.82 Å². The first-order valence-electron chi connectivity index (χ1n) is 5.58. The lowest BCUT2D eigenvalue weighted by Gasteiger charge is -2.24. The number of rotatable bonds is 1. The van der Waals surface area contributed by atoms with Crippen LogP contribution in [0.25, 0.3) is 0 Å². The zero-order valence-electron chi connectivity index (χ0n) is 9.72. The van der Waals surface area contributed by atoms with Crippen molar-refractivity contribution in [3.8, 4) is 0 Å². The molecular formula is C14H9BrFNOS. The molecule has 19 heavy (non-hydrogen) atoms. The topological polar surface area (TPSA) is 29.4 Å². The second-order valence-corrected chi connectivity index (χ2v) is 9.30. The molecule has 0 saturated carbocycles. The van der Waals surface area contributed by atoms with Gasteiger partial charge in [0.25, 0.3) is 0 Å². The van der Waals surface area contributed by atoms with Gasteiger partial charge >= 0.3 is 0 Å². The van der Waals surface area contributed by atoms with Crippen molar-refractivity contribution in [1.29, 1.82) is 0 Å². The van der Waals surface area contributed by atoms with Crippen molar-refractivity contribution in [3.05, 3.63) is 59.9 Å². The molecular weight excluding hydrogens is 329 g/mol. The van der Waals surface area contributed by atoms with Crippen LogP contribution in [0.3, 0.4) is 0 Å². The van der Waals surface area contributed by atoms with Gasteiger partial charge in [0.2, 0.25) is 5.12 Å². The van der Waals surface area contributed by atoms with E-state index in [4.69, 9.17) is 0 Å². The fourth-order valence-corrected chi connectivity index (χ4v) is 5.39. The molecule has 0 fully saturated rings. The number of aliphatic imine (C=N–C) groups is 1. The first-order chi connectivity index (χ1) is 9.13. The van der Waals surface area contributed by atoms with Gasteiger partial charge in [-0.15, -0.1) is 0 Å². The molecule has 0 aromatic heterocycles. The molecule has 2 nitrogen and oxygen atoms in total. The molecule has 0 aliphatic carbocycles. The Morgan fingerprint density at radius 3 is 2.58 bits per heavy atom. The molecule has 0 saturated heterocycles. The highest BCUT2D eigenvalue weighted by Gasteiger charge is 2.37. The van der Waals surface area contributed by atoms with Gasteiger partial charge in [-0.05, 0) is 39.1 Å². The largest absolute Gasteiger partial charge is 0.282 e. The zero-order chi connectivity index (χ0) is 13.5. The molecule has 3 rings (SSSR count). The molecule has 1 unspecified atom stereocenters. The summed E-state index contributed by atoms with van der Waals surface area (Å²) in [7, 11) is -2.08. The van der Waals surface area contributed by atoms with E-state index in [1.165, 1.54) is 12.1 Å². The molecule has 2 aromatic rings. The maximum Gasteiger partial charge on any atom is 0.223 e. The van der Waals surface area contributed by atoms with Crippen LogP contribution >= 0.6 is 23.3 Å². The average Bonchev–Trinajstić information content (AvgIpc) is 2.78. The van der Waals surface area contributed by atoms with Gasteiger partial charge in [-0.2, -0.15) is 0 Å². The molecule has 0 bridgehead atoms. The lowest BCUT2D eigenvalue weighted by atomic mass is 10.2. The molecule has 0 radical (unpaired) electrons. The Labute approximate surface area is 118 Å². The summed E-state index contributed by atoms with van der Waals surface area (Å²) < 4.78 is 13.8. The summed E-state index contributed by atoms with van der Waals surface area (Å²) in [5, 5.41) is -0.265. The van der Waals surface area contributed by atoms with Crippen molar-refractivity contribution in [2.75, 3.05) is 0 Å². The van der Waals surface area contributed by atoms with E-state index in [2.05, 4.69) is 19.8 Å². The number of para-hydroxylation sites is 1. The lowest BCUT2D eigenvalue weighted by molar-refractivity contribution is 0.108. The summed E-state index contributed by atoms with van der Waals surface area (Å²) in [6.45, 7) is 0. The SMILES string of the molecule is O=C(c1ccccc1F)S1(Br)C=Nc2ccccc21. The summed E-state index contributed by atoms with van der Waals surface area (Å²) in [6, 6.07) is 13.4. The van der Waals surface area contributed by atoms with Gasteiger partial charge in [-0.3, -0.25) is 4.79 Å². The van der Waals surface area contributed by atoms with E-state index >= 15 is 0 Å². The Balaban J connectivity index is 2.11. The fraction of sp³-hybridized carbons (Fsp3) is 0. The molecule has 96 valence electrons. The number of hydrogen-bond donors (Lipinski definition) is 0. The first kappa shape index (κ1) is 12.6. The third-order valence-corrected chi connectivity index (χ3v) is 7.46. The third-order valence-electron chi connectivity index (χ3n) is 2.89. The highest BCUT2D eigenvalue weighted by molar-refractivity contribution is 9.62. The normalized spacial score (nSPS) is 23.7. The standard InChI is InChI=1S/C14H9BrFNOS/c15-19(9-17-12-7-3-4-8-13(12)19)14(18)10-5-1-2-6-11(10)16/h1-9H. The van der Waals surface area contributed by atoms with Gasteiger partial charge in [0, 0.05) is 4.90 Å². The van der Waals surface area contributed by atoms with Crippen molar-refractivity contribution in [2.24, 2.45) is 4.99 Å². The second-order valence-electron chi connectivity index (χ2n) is 4.05. The number of carbonyl (C=O) groups is 1. The molecule has 1 atom stereocenters. The quantitative estimate of drug-likeness (QED) is 0.733. The molecule has 0 N–H and O–H groups in total. The van der Waals surface area contributed by atoms with Gasteiger partial charge < -0.3 is 0 Å². The summed E-state index contributed by atoms with van der Waals surface area (Å²) in [4.78, 5) is 17.7. The van der Waals surface area contributed by atoms with Crippen LogP contribution in [0.2, 0.25) is 0 Å². The maximum atomic E-state index is 13.8.